The average molecular weight is 474 g/mol. The van der Waals surface area contributed by atoms with Crippen molar-refractivity contribution in [2.45, 2.75) is 18.9 Å². The summed E-state index contributed by atoms with van der Waals surface area (Å²) in [5.74, 6) is -0.0116. The number of likely N-dealkylation sites (N-methyl/N-ethyl adjacent to an activating group) is 1. The Balaban J connectivity index is 1.55. The molecule has 1 amide bonds. The number of hydrogen-bond acceptors (Lipinski definition) is 6. The van der Waals surface area contributed by atoms with Crippen molar-refractivity contribution in [1.82, 2.24) is 24.6 Å². The van der Waals surface area contributed by atoms with Crippen molar-refractivity contribution in [1.29, 1.82) is 0 Å². The maximum atomic E-state index is 12.3. The van der Waals surface area contributed by atoms with Gasteiger partial charge >= 0.3 is 0 Å². The number of amides is 1. The monoisotopic (exact) mass is 473 g/mol. The fourth-order valence-electron chi connectivity index (χ4n) is 5.30. The Morgan fingerprint density at radius 1 is 1.14 bits per heavy atom. The summed E-state index contributed by atoms with van der Waals surface area (Å²) in [6.45, 7) is 9.30. The second-order valence-corrected chi connectivity index (χ2v) is 9.86. The van der Waals surface area contributed by atoms with Crippen LogP contribution >= 0.6 is 0 Å². The molecule has 2 fully saturated rings. The predicted octanol–water partition coefficient (Wildman–Crippen LogP) is 3.27. The van der Waals surface area contributed by atoms with Crippen molar-refractivity contribution in [3.8, 4) is 11.3 Å². The van der Waals surface area contributed by atoms with Gasteiger partial charge in [-0.15, -0.1) is 0 Å². The van der Waals surface area contributed by atoms with Crippen LogP contribution in [0, 0.1) is 0 Å². The van der Waals surface area contributed by atoms with E-state index in [1.165, 1.54) is 11.8 Å². The first-order chi connectivity index (χ1) is 17.0. The third-order valence-corrected chi connectivity index (χ3v) is 7.32. The lowest BCUT2D eigenvalue weighted by atomic mass is 10.0. The first-order valence-electron chi connectivity index (χ1n) is 12.4. The highest BCUT2D eigenvalue weighted by Gasteiger charge is 2.27. The number of benzene rings is 1. The molecule has 2 aromatic heterocycles. The number of carbonyl (C=O) groups is 1. The van der Waals surface area contributed by atoms with E-state index in [9.17, 15) is 4.79 Å². The molecule has 184 valence electrons. The largest absolute Gasteiger partial charge is 0.377 e. The standard InChI is InChI=1S/C27H35N7O/c1-5-26(35)33-12-6-7-21(19-33)34-24-10-11-28-18-23(24)27(29-34)22-9-8-20(17-25(22)30(2)3)32-15-13-31(4)14-16-32/h5,8-11,17-18,21H,1,6-7,12-16,19H2,2-4H3. The van der Waals surface area contributed by atoms with E-state index in [4.69, 9.17) is 5.10 Å². The zero-order chi connectivity index (χ0) is 24.5. The Hall–Kier alpha value is -3.39. The number of piperazine rings is 1. The van der Waals surface area contributed by atoms with Gasteiger partial charge in [-0.05, 0) is 50.2 Å². The van der Waals surface area contributed by atoms with Crippen LogP contribution in [0.5, 0.6) is 0 Å². The van der Waals surface area contributed by atoms with Gasteiger partial charge < -0.3 is 19.6 Å². The van der Waals surface area contributed by atoms with E-state index < -0.39 is 0 Å². The molecular formula is C27H35N7O. The Labute approximate surface area is 207 Å². The summed E-state index contributed by atoms with van der Waals surface area (Å²) in [6, 6.07) is 8.87. The molecule has 0 N–H and O–H groups in total. The van der Waals surface area contributed by atoms with Crippen molar-refractivity contribution < 1.29 is 4.79 Å². The molecule has 1 unspecified atom stereocenters. The molecule has 0 bridgehead atoms. The average Bonchev–Trinajstić information content (AvgIpc) is 3.28. The quantitative estimate of drug-likeness (QED) is 0.530. The van der Waals surface area contributed by atoms with Crippen LogP contribution in [0.1, 0.15) is 18.9 Å². The number of likely N-dealkylation sites (tertiary alicyclic amines) is 1. The zero-order valence-corrected chi connectivity index (χ0v) is 21.0. The van der Waals surface area contributed by atoms with Crippen LogP contribution in [-0.2, 0) is 4.79 Å². The summed E-state index contributed by atoms with van der Waals surface area (Å²) >= 11 is 0. The van der Waals surface area contributed by atoms with Crippen molar-refractivity contribution in [3.63, 3.8) is 0 Å². The van der Waals surface area contributed by atoms with Crippen LogP contribution < -0.4 is 9.80 Å². The topological polar surface area (TPSA) is 60.7 Å². The smallest absolute Gasteiger partial charge is 0.246 e. The van der Waals surface area contributed by atoms with Gasteiger partial charge in [-0.2, -0.15) is 5.10 Å². The van der Waals surface area contributed by atoms with Crippen molar-refractivity contribution in [2.24, 2.45) is 0 Å². The van der Waals surface area contributed by atoms with E-state index in [1.807, 2.05) is 23.4 Å². The molecule has 2 aliphatic rings. The Bertz CT molecular complexity index is 1230. The number of anilines is 2. The van der Waals surface area contributed by atoms with E-state index in [1.54, 1.807) is 0 Å². The van der Waals surface area contributed by atoms with Gasteiger partial charge in [0.2, 0.25) is 5.91 Å². The fourth-order valence-corrected chi connectivity index (χ4v) is 5.30. The first kappa shape index (κ1) is 23.4. The van der Waals surface area contributed by atoms with Gasteiger partial charge in [0.25, 0.3) is 0 Å². The van der Waals surface area contributed by atoms with E-state index in [0.717, 1.165) is 73.4 Å². The van der Waals surface area contributed by atoms with Crippen LogP contribution in [-0.4, -0.2) is 90.9 Å². The molecule has 8 nitrogen and oxygen atoms in total. The minimum Gasteiger partial charge on any atom is -0.377 e. The van der Waals surface area contributed by atoms with Crippen molar-refractivity contribution in [2.75, 3.05) is 70.2 Å². The Morgan fingerprint density at radius 3 is 2.69 bits per heavy atom. The second kappa shape index (κ2) is 9.70. The van der Waals surface area contributed by atoms with Crippen LogP contribution in [0.15, 0.2) is 49.3 Å². The van der Waals surface area contributed by atoms with Gasteiger partial charge in [0.15, 0.2) is 0 Å². The number of rotatable bonds is 5. The molecule has 0 saturated carbocycles. The van der Waals surface area contributed by atoms with Crippen molar-refractivity contribution >= 4 is 28.2 Å². The number of aromatic nitrogens is 3. The predicted molar refractivity (Wildman–Crippen MR) is 142 cm³/mol. The van der Waals surface area contributed by atoms with Gasteiger partial charge in [-0.25, -0.2) is 0 Å². The van der Waals surface area contributed by atoms with E-state index >= 15 is 0 Å². The molecule has 5 rings (SSSR count). The van der Waals surface area contributed by atoms with E-state index in [0.29, 0.717) is 6.54 Å². The summed E-state index contributed by atoms with van der Waals surface area (Å²) in [6.07, 6.45) is 7.09. The molecule has 2 aliphatic heterocycles. The highest BCUT2D eigenvalue weighted by atomic mass is 16.2. The number of nitrogens with zero attached hydrogens (tertiary/aromatic N) is 7. The van der Waals surface area contributed by atoms with E-state index in [-0.39, 0.29) is 11.9 Å². The summed E-state index contributed by atoms with van der Waals surface area (Å²) in [5, 5.41) is 6.20. The molecule has 35 heavy (non-hydrogen) atoms. The van der Waals surface area contributed by atoms with Gasteiger partial charge in [-0.3, -0.25) is 14.5 Å². The van der Waals surface area contributed by atoms with Gasteiger partial charge in [0.05, 0.1) is 11.6 Å². The highest BCUT2D eigenvalue weighted by molar-refractivity contribution is 5.97. The van der Waals surface area contributed by atoms with Crippen LogP contribution in [0.25, 0.3) is 22.2 Å². The molecule has 0 radical (unpaired) electrons. The maximum Gasteiger partial charge on any atom is 0.246 e. The number of hydrogen-bond donors (Lipinski definition) is 0. The molecular weight excluding hydrogens is 438 g/mol. The molecule has 0 aliphatic carbocycles. The minimum absolute atomic E-state index is 0.0116. The molecule has 4 heterocycles. The van der Waals surface area contributed by atoms with Crippen LogP contribution in [0.3, 0.4) is 0 Å². The summed E-state index contributed by atoms with van der Waals surface area (Å²) in [5.41, 5.74) is 5.48. The maximum absolute atomic E-state index is 12.3. The number of piperidine rings is 1. The number of pyridine rings is 1. The SMILES string of the molecule is C=CC(=O)N1CCCC(n2nc(-c3ccc(N4CCN(C)CC4)cc3N(C)C)c3cnccc32)C1. The Kier molecular flexibility index (Phi) is 6.47. The van der Waals surface area contributed by atoms with Gasteiger partial charge in [0.1, 0.15) is 5.69 Å². The number of carbonyl (C=O) groups excluding carboxylic acids is 1. The zero-order valence-electron chi connectivity index (χ0n) is 21.0. The van der Waals surface area contributed by atoms with Crippen molar-refractivity contribution in [3.05, 3.63) is 49.3 Å². The third-order valence-electron chi connectivity index (χ3n) is 7.32. The van der Waals surface area contributed by atoms with E-state index in [2.05, 4.69) is 70.3 Å². The molecule has 1 aromatic carbocycles. The third kappa shape index (κ3) is 4.50. The van der Waals surface area contributed by atoms with Crippen LogP contribution in [0.2, 0.25) is 0 Å². The molecule has 0 spiro atoms. The summed E-state index contributed by atoms with van der Waals surface area (Å²) in [7, 11) is 6.36. The van der Waals surface area contributed by atoms with Gasteiger partial charge in [-0.1, -0.05) is 6.58 Å². The normalized spacial score (nSPS) is 19.2. The summed E-state index contributed by atoms with van der Waals surface area (Å²) < 4.78 is 2.11. The minimum atomic E-state index is -0.0116. The summed E-state index contributed by atoms with van der Waals surface area (Å²) in [4.78, 5) is 25.6. The molecule has 3 aromatic rings. The van der Waals surface area contributed by atoms with Gasteiger partial charge in [0, 0.05) is 88.1 Å². The molecule has 1 atom stereocenters. The lowest BCUT2D eigenvalue weighted by Crippen LogP contribution is -2.44. The lowest BCUT2D eigenvalue weighted by Gasteiger charge is -2.34. The second-order valence-electron chi connectivity index (χ2n) is 9.86. The molecule has 8 heteroatoms. The highest BCUT2D eigenvalue weighted by Crippen LogP contribution is 2.38. The number of fused-ring (bicyclic) bond motifs is 1. The fraction of sp³-hybridized carbons (Fsp3) is 0.444. The first-order valence-corrected chi connectivity index (χ1v) is 12.4. The lowest BCUT2D eigenvalue weighted by molar-refractivity contribution is -0.127. The van der Waals surface area contributed by atoms with Crippen LogP contribution in [0.4, 0.5) is 11.4 Å². The molecule has 2 saturated heterocycles. The Morgan fingerprint density at radius 2 is 1.94 bits per heavy atom.